The third-order valence-electron chi connectivity index (χ3n) is 7.31. The number of rotatable bonds is 3. The first-order valence-electron chi connectivity index (χ1n) is 13.0. The van der Waals surface area contributed by atoms with Crippen LogP contribution < -0.4 is 9.80 Å². The van der Waals surface area contributed by atoms with E-state index in [9.17, 15) is 4.79 Å². The quantitative estimate of drug-likeness (QED) is 0.529. The number of anilines is 2. The summed E-state index contributed by atoms with van der Waals surface area (Å²) < 4.78 is 7.38. The molecule has 3 aromatic rings. The minimum absolute atomic E-state index is 0.213. The zero-order valence-electron chi connectivity index (χ0n) is 22.2. The van der Waals surface area contributed by atoms with Gasteiger partial charge in [0.15, 0.2) is 5.65 Å². The number of piperazine rings is 1. The first kappa shape index (κ1) is 24.4. The molecule has 0 bridgehead atoms. The highest BCUT2D eigenvalue weighted by Crippen LogP contribution is 2.34. The SMILES string of the molecule is Cc1cc(N2CCC(c3ccc(N4CCN(C(=O)OC(C)(C)C)CC4)cc3)CC2)c2cnn(C)c2n1. The van der Waals surface area contributed by atoms with Gasteiger partial charge in [-0.2, -0.15) is 5.10 Å². The zero-order chi connectivity index (χ0) is 25.4. The van der Waals surface area contributed by atoms with Gasteiger partial charge in [0.1, 0.15) is 5.60 Å². The summed E-state index contributed by atoms with van der Waals surface area (Å²) >= 11 is 0. The average Bonchev–Trinajstić information content (AvgIpc) is 3.23. The van der Waals surface area contributed by atoms with E-state index in [4.69, 9.17) is 4.74 Å². The van der Waals surface area contributed by atoms with Gasteiger partial charge >= 0.3 is 6.09 Å². The van der Waals surface area contributed by atoms with Crippen molar-refractivity contribution >= 4 is 28.5 Å². The largest absolute Gasteiger partial charge is 0.444 e. The fraction of sp³-hybridized carbons (Fsp3) is 0.536. The van der Waals surface area contributed by atoms with Gasteiger partial charge in [0.05, 0.1) is 17.3 Å². The Bertz CT molecular complexity index is 1210. The Balaban J connectivity index is 1.17. The second-order valence-electron chi connectivity index (χ2n) is 11.1. The number of fused-ring (bicyclic) bond motifs is 1. The minimum atomic E-state index is -0.456. The minimum Gasteiger partial charge on any atom is -0.444 e. The third kappa shape index (κ3) is 5.13. The normalized spacial score (nSPS) is 17.6. The molecule has 2 saturated heterocycles. The van der Waals surface area contributed by atoms with Crippen LogP contribution in [-0.2, 0) is 11.8 Å². The van der Waals surface area contributed by atoms with Crippen LogP contribution in [0.25, 0.3) is 11.0 Å². The fourth-order valence-electron chi connectivity index (χ4n) is 5.37. The van der Waals surface area contributed by atoms with Crippen molar-refractivity contribution in [3.63, 3.8) is 0 Å². The van der Waals surface area contributed by atoms with E-state index in [1.165, 1.54) is 16.9 Å². The van der Waals surface area contributed by atoms with Crippen LogP contribution in [0.1, 0.15) is 50.8 Å². The molecule has 5 rings (SSSR count). The van der Waals surface area contributed by atoms with Crippen molar-refractivity contribution in [3.05, 3.63) is 47.8 Å². The van der Waals surface area contributed by atoms with Crippen molar-refractivity contribution in [1.82, 2.24) is 19.7 Å². The molecule has 0 radical (unpaired) electrons. The maximum absolute atomic E-state index is 12.3. The molecule has 4 heterocycles. The van der Waals surface area contributed by atoms with E-state index in [2.05, 4.69) is 57.1 Å². The molecule has 2 aliphatic heterocycles. The first-order valence-corrected chi connectivity index (χ1v) is 13.0. The Kier molecular flexibility index (Phi) is 6.53. The molecule has 1 aromatic carbocycles. The summed E-state index contributed by atoms with van der Waals surface area (Å²) in [6.45, 7) is 12.9. The number of hydrogen-bond donors (Lipinski definition) is 0. The van der Waals surface area contributed by atoms with Gasteiger partial charge in [-0.1, -0.05) is 12.1 Å². The standard InChI is InChI=1S/C28H38N6O2/c1-20-18-25(24-19-29-31(5)26(24)30-20)33-12-10-22(11-13-33)21-6-8-23(9-7-21)32-14-16-34(17-15-32)27(35)36-28(2,3)4/h6-9,18-19,22H,10-17H2,1-5H3. The molecule has 0 aliphatic carbocycles. The Morgan fingerprint density at radius 2 is 1.64 bits per heavy atom. The maximum Gasteiger partial charge on any atom is 0.410 e. The number of pyridine rings is 1. The van der Waals surface area contributed by atoms with Gasteiger partial charge in [-0.25, -0.2) is 9.78 Å². The van der Waals surface area contributed by atoms with Crippen molar-refractivity contribution in [2.45, 2.75) is 52.1 Å². The smallest absolute Gasteiger partial charge is 0.410 e. The summed E-state index contributed by atoms with van der Waals surface area (Å²) in [5.41, 5.74) is 5.43. The zero-order valence-corrected chi connectivity index (χ0v) is 22.2. The number of carbonyl (C=O) groups is 1. The molecule has 2 aromatic heterocycles. The second kappa shape index (κ2) is 9.64. The van der Waals surface area contributed by atoms with Crippen LogP contribution in [0.5, 0.6) is 0 Å². The second-order valence-corrected chi connectivity index (χ2v) is 11.1. The summed E-state index contributed by atoms with van der Waals surface area (Å²) in [4.78, 5) is 23.7. The van der Waals surface area contributed by atoms with E-state index in [1.54, 1.807) is 0 Å². The first-order chi connectivity index (χ1) is 17.2. The number of aromatic nitrogens is 3. The molecule has 0 spiro atoms. The molecule has 0 atom stereocenters. The van der Waals surface area contributed by atoms with Gasteiger partial charge in [0, 0.05) is 57.7 Å². The summed E-state index contributed by atoms with van der Waals surface area (Å²) in [7, 11) is 1.95. The van der Waals surface area contributed by atoms with Gasteiger partial charge in [-0.3, -0.25) is 4.68 Å². The van der Waals surface area contributed by atoms with Crippen LogP contribution in [0.2, 0.25) is 0 Å². The van der Waals surface area contributed by atoms with E-state index in [1.807, 2.05) is 43.6 Å². The molecular weight excluding hydrogens is 452 g/mol. The van der Waals surface area contributed by atoms with E-state index in [-0.39, 0.29) is 6.09 Å². The van der Waals surface area contributed by atoms with Crippen LogP contribution in [0.3, 0.4) is 0 Å². The van der Waals surface area contributed by atoms with Crippen LogP contribution in [0.4, 0.5) is 16.2 Å². The van der Waals surface area contributed by atoms with E-state index in [0.29, 0.717) is 19.0 Å². The molecule has 8 heteroatoms. The highest BCUT2D eigenvalue weighted by atomic mass is 16.6. The maximum atomic E-state index is 12.3. The lowest BCUT2D eigenvalue weighted by Crippen LogP contribution is -2.50. The van der Waals surface area contributed by atoms with Crippen LogP contribution in [0.15, 0.2) is 36.5 Å². The molecule has 8 nitrogen and oxygen atoms in total. The number of nitrogens with zero attached hydrogens (tertiary/aromatic N) is 6. The summed E-state index contributed by atoms with van der Waals surface area (Å²) in [5, 5.41) is 5.56. The molecule has 2 fully saturated rings. The van der Waals surface area contributed by atoms with Crippen molar-refractivity contribution in [1.29, 1.82) is 0 Å². The Labute approximate surface area is 213 Å². The van der Waals surface area contributed by atoms with Crippen molar-refractivity contribution in [2.75, 3.05) is 49.1 Å². The molecule has 36 heavy (non-hydrogen) atoms. The molecule has 0 saturated carbocycles. The lowest BCUT2D eigenvalue weighted by molar-refractivity contribution is 0.0240. The van der Waals surface area contributed by atoms with Gasteiger partial charge < -0.3 is 19.4 Å². The Morgan fingerprint density at radius 3 is 2.28 bits per heavy atom. The van der Waals surface area contributed by atoms with E-state index >= 15 is 0 Å². The number of hydrogen-bond acceptors (Lipinski definition) is 6. The highest BCUT2D eigenvalue weighted by Gasteiger charge is 2.27. The van der Waals surface area contributed by atoms with Crippen LogP contribution in [0, 0.1) is 6.92 Å². The summed E-state index contributed by atoms with van der Waals surface area (Å²) in [6, 6.07) is 11.3. The lowest BCUT2D eigenvalue weighted by atomic mass is 9.89. The fourth-order valence-corrected chi connectivity index (χ4v) is 5.37. The molecule has 0 unspecified atom stereocenters. The Morgan fingerprint density at radius 1 is 0.972 bits per heavy atom. The molecule has 0 N–H and O–H groups in total. The number of piperidine rings is 1. The number of aryl methyl sites for hydroxylation is 2. The average molecular weight is 491 g/mol. The van der Waals surface area contributed by atoms with Crippen molar-refractivity contribution in [3.8, 4) is 0 Å². The molecular formula is C28H38N6O2. The number of benzene rings is 1. The summed E-state index contributed by atoms with van der Waals surface area (Å²) in [5.74, 6) is 0.576. The van der Waals surface area contributed by atoms with Gasteiger partial charge in [0.2, 0.25) is 0 Å². The molecule has 2 aliphatic rings. The summed E-state index contributed by atoms with van der Waals surface area (Å²) in [6.07, 6.45) is 4.00. The van der Waals surface area contributed by atoms with Crippen LogP contribution in [-0.4, -0.2) is 70.6 Å². The van der Waals surface area contributed by atoms with E-state index in [0.717, 1.165) is 55.7 Å². The van der Waals surface area contributed by atoms with Gasteiger partial charge in [-0.05, 0) is 70.2 Å². The van der Waals surface area contributed by atoms with Gasteiger partial charge in [0.25, 0.3) is 0 Å². The predicted molar refractivity (Wildman–Crippen MR) is 144 cm³/mol. The highest BCUT2D eigenvalue weighted by molar-refractivity contribution is 5.89. The topological polar surface area (TPSA) is 66.7 Å². The van der Waals surface area contributed by atoms with Crippen LogP contribution >= 0.6 is 0 Å². The Hall–Kier alpha value is -3.29. The molecule has 192 valence electrons. The number of carbonyl (C=O) groups excluding carboxylic acids is 1. The number of amides is 1. The number of ether oxygens (including phenoxy) is 1. The third-order valence-corrected chi connectivity index (χ3v) is 7.31. The van der Waals surface area contributed by atoms with Gasteiger partial charge in [-0.15, -0.1) is 0 Å². The molecule has 1 amide bonds. The van der Waals surface area contributed by atoms with Crippen molar-refractivity contribution in [2.24, 2.45) is 7.05 Å². The van der Waals surface area contributed by atoms with Crippen molar-refractivity contribution < 1.29 is 9.53 Å². The van der Waals surface area contributed by atoms with E-state index < -0.39 is 5.60 Å². The lowest BCUT2D eigenvalue weighted by Gasteiger charge is -2.37. The predicted octanol–water partition coefficient (Wildman–Crippen LogP) is 4.72. The monoisotopic (exact) mass is 490 g/mol.